The number of aryl methyl sites for hydroxylation is 1. The van der Waals surface area contributed by atoms with Crippen molar-refractivity contribution in [2.24, 2.45) is 5.92 Å². The number of nitro benzene ring substituents is 1. The van der Waals surface area contributed by atoms with Crippen LogP contribution in [0.3, 0.4) is 0 Å². The van der Waals surface area contributed by atoms with Crippen molar-refractivity contribution in [2.75, 3.05) is 19.6 Å². The minimum absolute atomic E-state index is 0.0677. The van der Waals surface area contributed by atoms with Gasteiger partial charge in [0, 0.05) is 36.7 Å². The Kier molecular flexibility index (Phi) is 6.26. The smallest absolute Gasteiger partial charge is 0.303 e. The quantitative estimate of drug-likeness (QED) is 0.579. The summed E-state index contributed by atoms with van der Waals surface area (Å²) in [5.41, 5.74) is 0.553. The molecule has 9 heteroatoms. The summed E-state index contributed by atoms with van der Waals surface area (Å²) < 4.78 is 0. The van der Waals surface area contributed by atoms with E-state index >= 15 is 0 Å². The number of hydrogen-bond acceptors (Lipinski definition) is 5. The van der Waals surface area contributed by atoms with Crippen LogP contribution in [0.4, 0.5) is 5.69 Å². The SMILES string of the molecule is Cc1cc(C(=O)NCC(=O)N2CCC(CC(=O)O)CC2)ccc1[N+](=O)[O-]. The average molecular weight is 363 g/mol. The van der Waals surface area contributed by atoms with Crippen LogP contribution in [0.2, 0.25) is 0 Å². The number of nitrogens with one attached hydrogen (secondary N) is 1. The summed E-state index contributed by atoms with van der Waals surface area (Å²) in [7, 11) is 0. The summed E-state index contributed by atoms with van der Waals surface area (Å²) >= 11 is 0. The molecule has 2 N–H and O–H groups in total. The Labute approximate surface area is 150 Å². The van der Waals surface area contributed by atoms with E-state index in [4.69, 9.17) is 5.11 Å². The van der Waals surface area contributed by atoms with E-state index < -0.39 is 16.8 Å². The van der Waals surface area contributed by atoms with E-state index in [1.807, 2.05) is 0 Å². The van der Waals surface area contributed by atoms with Gasteiger partial charge in [0.15, 0.2) is 0 Å². The Morgan fingerprint density at radius 2 is 1.96 bits per heavy atom. The monoisotopic (exact) mass is 363 g/mol. The Morgan fingerprint density at radius 1 is 1.31 bits per heavy atom. The highest BCUT2D eigenvalue weighted by atomic mass is 16.6. The maximum Gasteiger partial charge on any atom is 0.303 e. The number of nitrogens with zero attached hydrogens (tertiary/aromatic N) is 2. The Morgan fingerprint density at radius 3 is 2.50 bits per heavy atom. The number of carbonyl (C=O) groups is 3. The standard InChI is InChI=1S/C17H21N3O6/c1-11-8-13(2-3-14(11)20(25)26)17(24)18-10-15(21)19-6-4-12(5-7-19)9-16(22)23/h2-3,8,12H,4-7,9-10H2,1H3,(H,18,24)(H,22,23). The molecule has 140 valence electrons. The number of rotatable bonds is 6. The molecule has 1 aliphatic heterocycles. The minimum Gasteiger partial charge on any atom is -0.481 e. The van der Waals surface area contributed by atoms with E-state index in [0.717, 1.165) is 0 Å². The second kappa shape index (κ2) is 8.41. The van der Waals surface area contributed by atoms with Gasteiger partial charge in [0.25, 0.3) is 11.6 Å². The molecule has 1 aromatic rings. The van der Waals surface area contributed by atoms with Crippen LogP contribution < -0.4 is 5.32 Å². The number of aliphatic carboxylic acids is 1. The molecule has 1 heterocycles. The first-order chi connectivity index (χ1) is 12.3. The van der Waals surface area contributed by atoms with Gasteiger partial charge in [-0.1, -0.05) is 0 Å². The Hall–Kier alpha value is -2.97. The lowest BCUT2D eigenvalue weighted by Crippen LogP contribution is -2.44. The molecule has 1 aliphatic rings. The zero-order chi connectivity index (χ0) is 19.3. The molecule has 0 spiro atoms. The average Bonchev–Trinajstić information content (AvgIpc) is 2.59. The van der Waals surface area contributed by atoms with Crippen molar-refractivity contribution < 1.29 is 24.4 Å². The van der Waals surface area contributed by atoms with Gasteiger partial charge in [0.2, 0.25) is 5.91 Å². The minimum atomic E-state index is -0.833. The molecule has 0 unspecified atom stereocenters. The van der Waals surface area contributed by atoms with Crippen molar-refractivity contribution in [1.29, 1.82) is 0 Å². The number of piperidine rings is 1. The number of amides is 2. The molecular formula is C17H21N3O6. The van der Waals surface area contributed by atoms with Crippen LogP contribution in [0.5, 0.6) is 0 Å². The van der Waals surface area contributed by atoms with Crippen LogP contribution >= 0.6 is 0 Å². The van der Waals surface area contributed by atoms with Gasteiger partial charge in [0.05, 0.1) is 11.5 Å². The first-order valence-corrected chi connectivity index (χ1v) is 8.30. The molecule has 2 rings (SSSR count). The number of hydrogen-bond donors (Lipinski definition) is 2. The highest BCUT2D eigenvalue weighted by Crippen LogP contribution is 2.21. The predicted octanol–water partition coefficient (Wildman–Crippen LogP) is 1.35. The predicted molar refractivity (Wildman–Crippen MR) is 91.7 cm³/mol. The lowest BCUT2D eigenvalue weighted by atomic mass is 9.93. The topological polar surface area (TPSA) is 130 Å². The van der Waals surface area contributed by atoms with E-state index in [2.05, 4.69) is 5.32 Å². The normalized spacial score (nSPS) is 14.7. The van der Waals surface area contributed by atoms with Crippen molar-refractivity contribution in [3.05, 3.63) is 39.4 Å². The molecule has 2 amide bonds. The third-order valence-electron chi connectivity index (χ3n) is 4.49. The number of nitro groups is 1. The summed E-state index contributed by atoms with van der Waals surface area (Å²) in [5.74, 6) is -1.46. The molecule has 26 heavy (non-hydrogen) atoms. The number of benzene rings is 1. The number of carbonyl (C=O) groups excluding carboxylic acids is 2. The summed E-state index contributed by atoms with van der Waals surface area (Å²) in [4.78, 5) is 46.9. The Balaban J connectivity index is 1.84. The summed E-state index contributed by atoms with van der Waals surface area (Å²) in [6.45, 7) is 2.33. The molecule has 0 saturated carbocycles. The first kappa shape index (κ1) is 19.4. The molecule has 0 radical (unpaired) electrons. The zero-order valence-electron chi connectivity index (χ0n) is 14.4. The molecule has 1 aromatic carbocycles. The van der Waals surface area contributed by atoms with Gasteiger partial charge in [0.1, 0.15) is 0 Å². The van der Waals surface area contributed by atoms with Crippen molar-refractivity contribution in [1.82, 2.24) is 10.2 Å². The fraction of sp³-hybridized carbons (Fsp3) is 0.471. The largest absolute Gasteiger partial charge is 0.481 e. The van der Waals surface area contributed by atoms with Crippen molar-refractivity contribution >= 4 is 23.5 Å². The highest BCUT2D eigenvalue weighted by molar-refractivity contribution is 5.96. The number of likely N-dealkylation sites (tertiary alicyclic amines) is 1. The van der Waals surface area contributed by atoms with Crippen LogP contribution in [-0.2, 0) is 9.59 Å². The number of carboxylic acids is 1. The zero-order valence-corrected chi connectivity index (χ0v) is 14.4. The lowest BCUT2D eigenvalue weighted by molar-refractivity contribution is -0.385. The van der Waals surface area contributed by atoms with Crippen LogP contribution in [0.25, 0.3) is 0 Å². The van der Waals surface area contributed by atoms with Crippen molar-refractivity contribution in [3.8, 4) is 0 Å². The fourth-order valence-electron chi connectivity index (χ4n) is 3.00. The molecule has 0 aliphatic carbocycles. The molecule has 1 fully saturated rings. The van der Waals surface area contributed by atoms with Gasteiger partial charge >= 0.3 is 5.97 Å². The van der Waals surface area contributed by atoms with Gasteiger partial charge in [-0.25, -0.2) is 0 Å². The van der Waals surface area contributed by atoms with Crippen molar-refractivity contribution in [3.63, 3.8) is 0 Å². The van der Waals surface area contributed by atoms with Gasteiger partial charge in [-0.2, -0.15) is 0 Å². The summed E-state index contributed by atoms with van der Waals surface area (Å²) in [6.07, 6.45) is 1.37. The maximum atomic E-state index is 12.2. The Bertz CT molecular complexity index is 725. The molecule has 0 atom stereocenters. The second-order valence-corrected chi connectivity index (χ2v) is 6.36. The molecular weight excluding hydrogens is 342 g/mol. The van der Waals surface area contributed by atoms with Crippen LogP contribution in [0, 0.1) is 23.0 Å². The van der Waals surface area contributed by atoms with Crippen LogP contribution in [-0.4, -0.2) is 52.3 Å². The highest BCUT2D eigenvalue weighted by Gasteiger charge is 2.24. The van der Waals surface area contributed by atoms with E-state index in [-0.39, 0.29) is 36.0 Å². The maximum absolute atomic E-state index is 12.2. The first-order valence-electron chi connectivity index (χ1n) is 8.30. The van der Waals surface area contributed by atoms with Gasteiger partial charge < -0.3 is 15.3 Å². The van der Waals surface area contributed by atoms with E-state index in [1.54, 1.807) is 11.8 Å². The lowest BCUT2D eigenvalue weighted by Gasteiger charge is -2.31. The molecule has 0 bridgehead atoms. The van der Waals surface area contributed by atoms with Gasteiger partial charge in [-0.05, 0) is 37.8 Å². The number of carboxylic acid groups (broad SMARTS) is 1. The summed E-state index contributed by atoms with van der Waals surface area (Å²) in [6, 6.07) is 4.02. The van der Waals surface area contributed by atoms with E-state index in [1.165, 1.54) is 18.2 Å². The fourth-order valence-corrected chi connectivity index (χ4v) is 3.00. The molecule has 9 nitrogen and oxygen atoms in total. The van der Waals surface area contributed by atoms with Crippen LogP contribution in [0.1, 0.15) is 35.2 Å². The van der Waals surface area contributed by atoms with Crippen molar-refractivity contribution in [2.45, 2.75) is 26.2 Å². The molecule has 1 saturated heterocycles. The second-order valence-electron chi connectivity index (χ2n) is 6.36. The summed E-state index contributed by atoms with van der Waals surface area (Å²) in [5, 5.41) is 22.1. The third-order valence-corrected chi connectivity index (χ3v) is 4.49. The molecule has 0 aromatic heterocycles. The van der Waals surface area contributed by atoms with Crippen LogP contribution in [0.15, 0.2) is 18.2 Å². The third kappa shape index (κ3) is 5.01. The van der Waals surface area contributed by atoms with E-state index in [9.17, 15) is 24.5 Å². The van der Waals surface area contributed by atoms with Gasteiger partial charge in [-0.3, -0.25) is 24.5 Å². The van der Waals surface area contributed by atoms with Gasteiger partial charge in [-0.15, -0.1) is 0 Å². The van der Waals surface area contributed by atoms with E-state index in [0.29, 0.717) is 31.5 Å².